The van der Waals surface area contributed by atoms with Crippen molar-refractivity contribution in [1.82, 2.24) is 10.2 Å². The van der Waals surface area contributed by atoms with Crippen molar-refractivity contribution in [3.63, 3.8) is 0 Å². The Kier molecular flexibility index (Phi) is 4.36. The van der Waals surface area contributed by atoms with Gasteiger partial charge in [-0.1, -0.05) is 13.8 Å². The quantitative estimate of drug-likeness (QED) is 0.902. The Balaban J connectivity index is 2.17. The molecule has 1 fully saturated rings. The third-order valence-electron chi connectivity index (χ3n) is 4.85. The molecule has 1 N–H and O–H groups in total. The summed E-state index contributed by atoms with van der Waals surface area (Å²) in [7, 11) is 0. The first-order chi connectivity index (χ1) is 9.01. The normalized spacial score (nSPS) is 25.4. The molecular formula is C16H28N2O. The molecule has 0 amide bonds. The van der Waals surface area contributed by atoms with Crippen molar-refractivity contribution in [1.29, 1.82) is 0 Å². The van der Waals surface area contributed by atoms with Crippen LogP contribution in [-0.2, 0) is 0 Å². The second-order valence-electron chi connectivity index (χ2n) is 6.01. The third kappa shape index (κ3) is 2.87. The highest BCUT2D eigenvalue weighted by Crippen LogP contribution is 2.30. The van der Waals surface area contributed by atoms with E-state index in [1.54, 1.807) is 0 Å². The predicted molar refractivity (Wildman–Crippen MR) is 79.3 cm³/mol. The lowest BCUT2D eigenvalue weighted by molar-refractivity contribution is 0.0420. The van der Waals surface area contributed by atoms with E-state index in [9.17, 15) is 0 Å². The highest BCUT2D eigenvalue weighted by Gasteiger charge is 2.37. The zero-order valence-electron chi connectivity index (χ0n) is 13.0. The van der Waals surface area contributed by atoms with Crippen LogP contribution in [0.15, 0.2) is 16.5 Å². The molecule has 0 saturated carbocycles. The molecule has 2 heterocycles. The summed E-state index contributed by atoms with van der Waals surface area (Å²) in [5.74, 6) is 2.09. The summed E-state index contributed by atoms with van der Waals surface area (Å²) < 4.78 is 5.82. The first kappa shape index (κ1) is 14.6. The zero-order chi connectivity index (χ0) is 14.0. The fourth-order valence-electron chi connectivity index (χ4n) is 3.13. The highest BCUT2D eigenvalue weighted by molar-refractivity contribution is 5.11. The minimum absolute atomic E-state index is 0.266. The van der Waals surface area contributed by atoms with Gasteiger partial charge in [-0.2, -0.15) is 0 Å². The summed E-state index contributed by atoms with van der Waals surface area (Å²) in [5, 5.41) is 3.75. The number of hydrogen-bond donors (Lipinski definition) is 1. The van der Waals surface area contributed by atoms with Crippen molar-refractivity contribution in [3.05, 3.63) is 23.7 Å². The Bertz CT molecular complexity index is 409. The van der Waals surface area contributed by atoms with E-state index < -0.39 is 0 Å². The molecule has 0 radical (unpaired) electrons. The van der Waals surface area contributed by atoms with Crippen LogP contribution < -0.4 is 5.32 Å². The maximum absolute atomic E-state index is 5.82. The Morgan fingerprint density at radius 2 is 2.11 bits per heavy atom. The summed E-state index contributed by atoms with van der Waals surface area (Å²) >= 11 is 0. The Hall–Kier alpha value is -0.800. The van der Waals surface area contributed by atoms with Crippen LogP contribution in [0.25, 0.3) is 0 Å². The average Bonchev–Trinajstić information content (AvgIpc) is 2.86. The van der Waals surface area contributed by atoms with Gasteiger partial charge >= 0.3 is 0 Å². The van der Waals surface area contributed by atoms with Crippen molar-refractivity contribution >= 4 is 0 Å². The Morgan fingerprint density at radius 3 is 2.63 bits per heavy atom. The van der Waals surface area contributed by atoms with Crippen LogP contribution in [0.2, 0.25) is 0 Å². The van der Waals surface area contributed by atoms with Gasteiger partial charge in [0.25, 0.3) is 0 Å². The van der Waals surface area contributed by atoms with E-state index >= 15 is 0 Å². The third-order valence-corrected chi connectivity index (χ3v) is 4.85. The summed E-state index contributed by atoms with van der Waals surface area (Å²) in [5.41, 5.74) is 0.266. The van der Waals surface area contributed by atoms with E-state index in [1.807, 2.05) is 6.92 Å². The molecule has 1 aromatic rings. The number of hydrogen-bond acceptors (Lipinski definition) is 3. The van der Waals surface area contributed by atoms with Crippen LogP contribution in [0.3, 0.4) is 0 Å². The van der Waals surface area contributed by atoms with Crippen molar-refractivity contribution < 1.29 is 4.42 Å². The molecule has 1 aromatic heterocycles. The van der Waals surface area contributed by atoms with Gasteiger partial charge in [0.2, 0.25) is 0 Å². The largest absolute Gasteiger partial charge is 0.465 e. The molecule has 108 valence electrons. The Labute approximate surface area is 117 Å². The number of furan rings is 1. The average molecular weight is 264 g/mol. The second kappa shape index (κ2) is 5.68. The molecule has 2 unspecified atom stereocenters. The summed E-state index contributed by atoms with van der Waals surface area (Å²) in [4.78, 5) is 2.59. The van der Waals surface area contributed by atoms with Crippen LogP contribution in [-0.4, -0.2) is 29.6 Å². The number of nitrogens with one attached hydrogen (secondary N) is 1. The molecule has 0 aliphatic carbocycles. The lowest BCUT2D eigenvalue weighted by Gasteiger charge is -2.48. The standard InChI is InChI=1S/C16H28N2O/c1-6-16(7-2)11-18(12(3)10-17-16)14(5)15-9-8-13(4)19-15/h8-9,12,14,17H,6-7,10-11H2,1-5H3. The van der Waals surface area contributed by atoms with Gasteiger partial charge in [-0.15, -0.1) is 0 Å². The SMILES string of the molecule is CCC1(CC)CN(C(C)c2ccc(C)o2)C(C)CN1. The van der Waals surface area contributed by atoms with E-state index in [0.717, 1.165) is 24.6 Å². The lowest BCUT2D eigenvalue weighted by atomic mass is 9.88. The zero-order valence-corrected chi connectivity index (χ0v) is 13.0. The molecule has 0 bridgehead atoms. The van der Waals surface area contributed by atoms with Crippen molar-refractivity contribution in [2.45, 2.75) is 65.1 Å². The Morgan fingerprint density at radius 1 is 1.42 bits per heavy atom. The van der Waals surface area contributed by atoms with Gasteiger partial charge in [0, 0.05) is 24.7 Å². The van der Waals surface area contributed by atoms with Gasteiger partial charge in [-0.3, -0.25) is 4.90 Å². The van der Waals surface area contributed by atoms with Crippen LogP contribution in [0, 0.1) is 6.92 Å². The lowest BCUT2D eigenvalue weighted by Crippen LogP contribution is -2.63. The van der Waals surface area contributed by atoms with Crippen LogP contribution in [0.4, 0.5) is 0 Å². The minimum Gasteiger partial charge on any atom is -0.465 e. The van der Waals surface area contributed by atoms with Gasteiger partial charge in [0.1, 0.15) is 11.5 Å². The van der Waals surface area contributed by atoms with E-state index in [4.69, 9.17) is 4.42 Å². The highest BCUT2D eigenvalue weighted by atomic mass is 16.3. The summed E-state index contributed by atoms with van der Waals surface area (Å²) in [6.45, 7) is 13.3. The minimum atomic E-state index is 0.266. The van der Waals surface area contributed by atoms with Crippen molar-refractivity contribution in [2.75, 3.05) is 13.1 Å². The van der Waals surface area contributed by atoms with Crippen LogP contribution in [0.5, 0.6) is 0 Å². The molecule has 3 heteroatoms. The van der Waals surface area contributed by atoms with E-state index in [0.29, 0.717) is 12.1 Å². The molecule has 1 saturated heterocycles. The molecule has 1 aliphatic rings. The maximum atomic E-state index is 5.82. The van der Waals surface area contributed by atoms with Gasteiger partial charge < -0.3 is 9.73 Å². The molecule has 1 aliphatic heterocycles. The van der Waals surface area contributed by atoms with E-state index in [-0.39, 0.29) is 5.54 Å². The number of piperazine rings is 1. The summed E-state index contributed by atoms with van der Waals surface area (Å²) in [6, 6.07) is 5.08. The maximum Gasteiger partial charge on any atom is 0.121 e. The van der Waals surface area contributed by atoms with Gasteiger partial charge in [-0.25, -0.2) is 0 Å². The first-order valence-electron chi connectivity index (χ1n) is 7.58. The number of aryl methyl sites for hydroxylation is 1. The molecule has 0 aromatic carbocycles. The fourth-order valence-corrected chi connectivity index (χ4v) is 3.13. The smallest absolute Gasteiger partial charge is 0.121 e. The molecule has 3 nitrogen and oxygen atoms in total. The monoisotopic (exact) mass is 264 g/mol. The molecule has 0 spiro atoms. The van der Waals surface area contributed by atoms with Crippen molar-refractivity contribution in [2.24, 2.45) is 0 Å². The van der Waals surface area contributed by atoms with E-state index in [2.05, 4.69) is 50.0 Å². The number of rotatable bonds is 4. The first-order valence-corrected chi connectivity index (χ1v) is 7.58. The molecule has 2 rings (SSSR count). The van der Waals surface area contributed by atoms with E-state index in [1.165, 1.54) is 12.8 Å². The van der Waals surface area contributed by atoms with Gasteiger partial charge in [-0.05, 0) is 45.7 Å². The topological polar surface area (TPSA) is 28.4 Å². The van der Waals surface area contributed by atoms with Crippen LogP contribution >= 0.6 is 0 Å². The predicted octanol–water partition coefficient (Wildman–Crippen LogP) is 3.50. The van der Waals surface area contributed by atoms with Crippen LogP contribution in [0.1, 0.15) is 58.1 Å². The van der Waals surface area contributed by atoms with Gasteiger partial charge in [0.15, 0.2) is 0 Å². The molecular weight excluding hydrogens is 236 g/mol. The molecule has 19 heavy (non-hydrogen) atoms. The van der Waals surface area contributed by atoms with Gasteiger partial charge in [0.05, 0.1) is 6.04 Å². The summed E-state index contributed by atoms with van der Waals surface area (Å²) in [6.07, 6.45) is 2.35. The molecule has 2 atom stereocenters. The van der Waals surface area contributed by atoms with Crippen molar-refractivity contribution in [3.8, 4) is 0 Å². The number of nitrogens with zero attached hydrogens (tertiary/aromatic N) is 1. The fraction of sp³-hybridized carbons (Fsp3) is 0.750. The second-order valence-corrected chi connectivity index (χ2v) is 6.01.